The fourth-order valence-electron chi connectivity index (χ4n) is 3.10. The van der Waals surface area contributed by atoms with Crippen LogP contribution in [0.4, 0.5) is 0 Å². The van der Waals surface area contributed by atoms with Crippen LogP contribution in [0.2, 0.25) is 0 Å². The van der Waals surface area contributed by atoms with Crippen molar-refractivity contribution in [3.63, 3.8) is 0 Å². The molecule has 1 heterocycles. The minimum absolute atomic E-state index is 0.0722. The van der Waals surface area contributed by atoms with Crippen molar-refractivity contribution in [2.45, 2.75) is 25.2 Å². The zero-order valence-corrected chi connectivity index (χ0v) is 11.9. The monoisotopic (exact) mass is 269 g/mol. The van der Waals surface area contributed by atoms with Gasteiger partial charge in [-0.2, -0.15) is 0 Å². The van der Waals surface area contributed by atoms with Crippen LogP contribution in [0.25, 0.3) is 0 Å². The van der Waals surface area contributed by atoms with Crippen molar-refractivity contribution in [2.75, 3.05) is 7.11 Å². The molecule has 104 valence electrons. The lowest BCUT2D eigenvalue weighted by atomic mass is 9.82. The van der Waals surface area contributed by atoms with Gasteiger partial charge in [0.05, 0.1) is 7.11 Å². The molecule has 3 heteroatoms. The first kappa shape index (κ1) is 13.0. The summed E-state index contributed by atoms with van der Waals surface area (Å²) in [6, 6.07) is 11.9. The minimum atomic E-state index is 0.0722. The van der Waals surface area contributed by atoms with Gasteiger partial charge in [-0.1, -0.05) is 12.1 Å². The quantitative estimate of drug-likeness (QED) is 0.839. The lowest BCUT2D eigenvalue weighted by Crippen LogP contribution is -2.23. The molecule has 2 aromatic rings. The number of ether oxygens (including phenoxy) is 1. The zero-order chi connectivity index (χ0) is 14.1. The second-order valence-electron chi connectivity index (χ2n) is 5.42. The Balaban J connectivity index is 1.92. The van der Waals surface area contributed by atoms with E-state index in [1.165, 1.54) is 11.1 Å². The molecular weight excluding hydrogens is 250 g/mol. The van der Waals surface area contributed by atoms with E-state index in [2.05, 4.69) is 18.2 Å². The summed E-state index contributed by atoms with van der Waals surface area (Å²) in [6.07, 6.45) is 3.12. The summed E-state index contributed by atoms with van der Waals surface area (Å²) in [5.74, 6) is 1.35. The molecule has 1 aromatic carbocycles. The number of hydrogen-bond acceptors (Lipinski definition) is 2. The Morgan fingerprint density at radius 2 is 2.05 bits per heavy atom. The molecule has 1 aliphatic carbocycles. The van der Waals surface area contributed by atoms with Gasteiger partial charge in [0.1, 0.15) is 5.75 Å². The van der Waals surface area contributed by atoms with Crippen LogP contribution in [0.3, 0.4) is 0 Å². The van der Waals surface area contributed by atoms with Gasteiger partial charge in [-0.25, -0.2) is 0 Å². The van der Waals surface area contributed by atoms with Crippen LogP contribution in [-0.4, -0.2) is 11.7 Å². The van der Waals surface area contributed by atoms with E-state index in [9.17, 15) is 4.79 Å². The molecule has 1 aliphatic rings. The van der Waals surface area contributed by atoms with Gasteiger partial charge in [0.2, 0.25) is 5.56 Å². The lowest BCUT2D eigenvalue weighted by molar-refractivity contribution is 0.413. The van der Waals surface area contributed by atoms with E-state index in [1.54, 1.807) is 17.7 Å². The summed E-state index contributed by atoms with van der Waals surface area (Å²) in [6.45, 7) is 0. The number of aryl methyl sites for hydroxylation is 1. The van der Waals surface area contributed by atoms with Gasteiger partial charge >= 0.3 is 0 Å². The van der Waals surface area contributed by atoms with Crippen LogP contribution < -0.4 is 10.3 Å². The summed E-state index contributed by atoms with van der Waals surface area (Å²) >= 11 is 0. The molecule has 0 radical (unpaired) electrons. The third kappa shape index (κ3) is 2.24. The average Bonchev–Trinajstić information content (AvgIpc) is 2.49. The number of benzene rings is 1. The predicted octanol–water partition coefficient (Wildman–Crippen LogP) is 2.67. The molecule has 3 nitrogen and oxygen atoms in total. The van der Waals surface area contributed by atoms with Gasteiger partial charge in [0.15, 0.2) is 0 Å². The second-order valence-corrected chi connectivity index (χ2v) is 5.42. The topological polar surface area (TPSA) is 31.2 Å². The number of methoxy groups -OCH3 is 1. The largest absolute Gasteiger partial charge is 0.497 e. The predicted molar refractivity (Wildman–Crippen MR) is 79.4 cm³/mol. The standard InChI is InChI=1S/C17H19NO2/c1-18-16(4-3-5-17(18)19)14-7-6-13-11-15(20-2)9-8-12(13)10-14/h3-5,8-9,11,14H,6-7,10H2,1-2H3. The molecule has 0 N–H and O–H groups in total. The van der Waals surface area contributed by atoms with Crippen LogP contribution in [0.1, 0.15) is 29.2 Å². The smallest absolute Gasteiger partial charge is 0.250 e. The molecule has 3 rings (SSSR count). The Kier molecular flexibility index (Phi) is 3.35. The van der Waals surface area contributed by atoms with Crippen molar-refractivity contribution in [2.24, 2.45) is 7.05 Å². The Bertz CT molecular complexity index is 688. The third-order valence-electron chi connectivity index (χ3n) is 4.28. The number of nitrogens with zero attached hydrogens (tertiary/aromatic N) is 1. The fourth-order valence-corrected chi connectivity index (χ4v) is 3.10. The molecular formula is C17H19NO2. The second kappa shape index (κ2) is 5.16. The molecule has 1 aromatic heterocycles. The highest BCUT2D eigenvalue weighted by molar-refractivity contribution is 5.38. The van der Waals surface area contributed by atoms with E-state index in [4.69, 9.17) is 4.74 Å². The van der Waals surface area contributed by atoms with Crippen LogP contribution in [0, 0.1) is 0 Å². The zero-order valence-electron chi connectivity index (χ0n) is 11.9. The van der Waals surface area contributed by atoms with Crippen LogP contribution in [-0.2, 0) is 19.9 Å². The maximum Gasteiger partial charge on any atom is 0.250 e. The first-order chi connectivity index (χ1) is 9.69. The highest BCUT2D eigenvalue weighted by Gasteiger charge is 2.22. The van der Waals surface area contributed by atoms with Crippen molar-refractivity contribution in [1.29, 1.82) is 0 Å². The van der Waals surface area contributed by atoms with Gasteiger partial charge in [-0.3, -0.25) is 4.79 Å². The Labute approximate surface area is 118 Å². The van der Waals surface area contributed by atoms with Gasteiger partial charge in [0, 0.05) is 24.7 Å². The molecule has 0 amide bonds. The van der Waals surface area contributed by atoms with Gasteiger partial charge in [-0.15, -0.1) is 0 Å². The van der Waals surface area contributed by atoms with Crippen molar-refractivity contribution in [3.05, 3.63) is 63.6 Å². The fraction of sp³-hybridized carbons (Fsp3) is 0.353. The summed E-state index contributed by atoms with van der Waals surface area (Å²) in [5, 5.41) is 0. The van der Waals surface area contributed by atoms with Crippen LogP contribution >= 0.6 is 0 Å². The molecule has 1 unspecified atom stereocenters. The maximum absolute atomic E-state index is 11.8. The number of fused-ring (bicyclic) bond motifs is 1. The van der Waals surface area contributed by atoms with Crippen molar-refractivity contribution in [3.8, 4) is 5.75 Å². The van der Waals surface area contributed by atoms with Crippen molar-refractivity contribution >= 4 is 0 Å². The van der Waals surface area contributed by atoms with E-state index >= 15 is 0 Å². The SMILES string of the molecule is COc1ccc2c(c1)CCC(c1cccc(=O)n1C)C2. The molecule has 0 spiro atoms. The molecule has 0 bridgehead atoms. The van der Waals surface area contributed by atoms with Crippen molar-refractivity contribution < 1.29 is 4.74 Å². The minimum Gasteiger partial charge on any atom is -0.497 e. The average molecular weight is 269 g/mol. The highest BCUT2D eigenvalue weighted by Crippen LogP contribution is 2.33. The van der Waals surface area contributed by atoms with E-state index in [0.717, 1.165) is 30.7 Å². The van der Waals surface area contributed by atoms with Crippen LogP contribution in [0.5, 0.6) is 5.75 Å². The maximum atomic E-state index is 11.8. The van der Waals surface area contributed by atoms with Crippen molar-refractivity contribution in [1.82, 2.24) is 4.57 Å². The van der Waals surface area contributed by atoms with E-state index in [1.807, 2.05) is 19.2 Å². The molecule has 0 aliphatic heterocycles. The molecule has 1 atom stereocenters. The summed E-state index contributed by atoms with van der Waals surface area (Å²) < 4.78 is 7.06. The third-order valence-corrected chi connectivity index (χ3v) is 4.28. The summed E-state index contributed by atoms with van der Waals surface area (Å²) in [7, 11) is 3.56. The Morgan fingerprint density at radius 1 is 1.20 bits per heavy atom. The highest BCUT2D eigenvalue weighted by atomic mass is 16.5. The number of hydrogen-bond donors (Lipinski definition) is 0. The summed E-state index contributed by atoms with van der Waals surface area (Å²) in [5.41, 5.74) is 3.96. The summed E-state index contributed by atoms with van der Waals surface area (Å²) in [4.78, 5) is 11.8. The number of rotatable bonds is 2. The van der Waals surface area contributed by atoms with Crippen LogP contribution in [0.15, 0.2) is 41.2 Å². The normalized spacial score (nSPS) is 17.6. The lowest BCUT2D eigenvalue weighted by Gasteiger charge is -2.26. The number of aromatic nitrogens is 1. The Morgan fingerprint density at radius 3 is 2.85 bits per heavy atom. The van der Waals surface area contributed by atoms with E-state index in [-0.39, 0.29) is 5.56 Å². The number of pyridine rings is 1. The molecule has 0 fully saturated rings. The van der Waals surface area contributed by atoms with Gasteiger partial charge in [-0.05, 0) is 48.6 Å². The van der Waals surface area contributed by atoms with E-state index < -0.39 is 0 Å². The molecule has 20 heavy (non-hydrogen) atoms. The first-order valence-electron chi connectivity index (χ1n) is 7.01. The molecule has 0 saturated carbocycles. The van der Waals surface area contributed by atoms with E-state index in [0.29, 0.717) is 5.92 Å². The van der Waals surface area contributed by atoms with Gasteiger partial charge in [0.25, 0.3) is 0 Å². The first-order valence-corrected chi connectivity index (χ1v) is 7.01. The molecule has 0 saturated heterocycles. The van der Waals surface area contributed by atoms with Gasteiger partial charge < -0.3 is 9.30 Å². The Hall–Kier alpha value is -2.03.